The summed E-state index contributed by atoms with van der Waals surface area (Å²) in [5.41, 5.74) is 2.87. The number of carbonyl (C=O) groups is 2. The van der Waals surface area contributed by atoms with E-state index in [1.54, 1.807) is 61.2 Å². The fourth-order valence-electron chi connectivity index (χ4n) is 3.38. The van der Waals surface area contributed by atoms with Crippen molar-refractivity contribution in [3.8, 4) is 22.6 Å². The van der Waals surface area contributed by atoms with E-state index in [1.165, 1.54) is 12.2 Å². The van der Waals surface area contributed by atoms with Crippen molar-refractivity contribution in [3.63, 3.8) is 0 Å². The van der Waals surface area contributed by atoms with Gasteiger partial charge >= 0.3 is 0 Å². The van der Waals surface area contributed by atoms with Gasteiger partial charge in [-0.3, -0.25) is 9.59 Å². The summed E-state index contributed by atoms with van der Waals surface area (Å²) < 4.78 is 11.0. The third-order valence-electron chi connectivity index (χ3n) is 5.14. The first-order valence-electron chi connectivity index (χ1n) is 11.0. The molecule has 0 bridgehead atoms. The van der Waals surface area contributed by atoms with E-state index < -0.39 is 0 Å². The zero-order chi connectivity index (χ0) is 25.3. The fourth-order valence-corrected chi connectivity index (χ4v) is 4.62. The summed E-state index contributed by atoms with van der Waals surface area (Å²) in [5.74, 6) is 0.564. The zero-order valence-electron chi connectivity index (χ0n) is 19.7. The second-order valence-electron chi connectivity index (χ2n) is 7.51. The van der Waals surface area contributed by atoms with E-state index in [0.29, 0.717) is 22.9 Å². The lowest BCUT2D eigenvalue weighted by molar-refractivity contribution is -0.112. The number of methoxy groups -OCH3 is 2. The summed E-state index contributed by atoms with van der Waals surface area (Å²) in [6.45, 7) is 0. The molecule has 0 aliphatic rings. The van der Waals surface area contributed by atoms with Crippen LogP contribution in [-0.4, -0.2) is 26.0 Å². The van der Waals surface area contributed by atoms with Crippen LogP contribution in [0.4, 0.5) is 11.4 Å². The first-order valence-corrected chi connectivity index (χ1v) is 12.7. The highest BCUT2D eigenvalue weighted by Crippen LogP contribution is 2.35. The van der Waals surface area contributed by atoms with E-state index in [4.69, 9.17) is 9.47 Å². The van der Waals surface area contributed by atoms with Gasteiger partial charge in [0, 0.05) is 21.9 Å². The normalized spacial score (nSPS) is 11.1. The van der Waals surface area contributed by atoms with Gasteiger partial charge in [0.05, 0.1) is 25.6 Å². The molecular formula is C28H24N2O4S2. The van der Waals surface area contributed by atoms with Crippen molar-refractivity contribution < 1.29 is 19.1 Å². The third-order valence-corrected chi connectivity index (χ3v) is 6.81. The molecule has 0 unspecified atom stereocenters. The van der Waals surface area contributed by atoms with Crippen molar-refractivity contribution >= 4 is 58.0 Å². The van der Waals surface area contributed by atoms with E-state index >= 15 is 0 Å². The topological polar surface area (TPSA) is 76.7 Å². The van der Waals surface area contributed by atoms with Crippen LogP contribution in [0.1, 0.15) is 9.75 Å². The Bertz CT molecular complexity index is 1280. The molecular weight excluding hydrogens is 492 g/mol. The monoisotopic (exact) mass is 516 g/mol. The second-order valence-corrected chi connectivity index (χ2v) is 9.46. The Labute approximate surface area is 217 Å². The van der Waals surface area contributed by atoms with Gasteiger partial charge < -0.3 is 20.1 Å². The van der Waals surface area contributed by atoms with Gasteiger partial charge in [0.2, 0.25) is 11.8 Å². The van der Waals surface area contributed by atoms with Gasteiger partial charge in [0.15, 0.2) is 0 Å². The lowest BCUT2D eigenvalue weighted by Gasteiger charge is -2.14. The Kier molecular flexibility index (Phi) is 8.33. The number of anilines is 2. The molecule has 2 aromatic carbocycles. The standard InChI is InChI=1S/C28H24N2O4S2/c1-33-25-17-19(7-11-23(25)29-27(31)13-9-21-5-3-15-35-21)20-8-12-24(26(18-20)34-2)30-28(32)14-10-22-6-4-16-36-22/h3-18H,1-2H3,(H,29,31)(H,30,32). The zero-order valence-corrected chi connectivity index (χ0v) is 21.3. The van der Waals surface area contributed by atoms with E-state index in [-0.39, 0.29) is 11.8 Å². The molecule has 0 radical (unpaired) electrons. The maximum Gasteiger partial charge on any atom is 0.248 e. The first kappa shape index (κ1) is 25.0. The number of ether oxygens (including phenoxy) is 2. The Morgan fingerprint density at radius 1 is 0.694 bits per heavy atom. The molecule has 4 rings (SSSR count). The molecule has 0 saturated carbocycles. The van der Waals surface area contributed by atoms with E-state index in [9.17, 15) is 9.59 Å². The molecule has 0 atom stereocenters. The average molecular weight is 517 g/mol. The summed E-state index contributed by atoms with van der Waals surface area (Å²) in [7, 11) is 3.11. The molecule has 2 aromatic heterocycles. The molecule has 4 aromatic rings. The summed E-state index contributed by atoms with van der Waals surface area (Å²) in [4.78, 5) is 26.7. The van der Waals surface area contributed by atoms with Crippen molar-refractivity contribution in [2.24, 2.45) is 0 Å². The van der Waals surface area contributed by atoms with E-state index in [2.05, 4.69) is 10.6 Å². The van der Waals surface area contributed by atoms with Crippen LogP contribution >= 0.6 is 22.7 Å². The van der Waals surface area contributed by atoms with Crippen molar-refractivity contribution in [3.05, 3.63) is 93.3 Å². The van der Waals surface area contributed by atoms with Gasteiger partial charge in [-0.05, 0) is 70.4 Å². The summed E-state index contributed by atoms with van der Waals surface area (Å²) >= 11 is 3.12. The Balaban J connectivity index is 1.48. The minimum Gasteiger partial charge on any atom is -0.495 e. The van der Waals surface area contributed by atoms with Crippen molar-refractivity contribution in [1.82, 2.24) is 0 Å². The molecule has 36 heavy (non-hydrogen) atoms. The smallest absolute Gasteiger partial charge is 0.248 e. The SMILES string of the molecule is COc1cc(-c2ccc(NC(=O)C=Cc3cccs3)c(OC)c2)ccc1NC(=O)C=Cc1cccs1. The Hall–Kier alpha value is -4.14. The van der Waals surface area contributed by atoms with Gasteiger partial charge in [0.25, 0.3) is 0 Å². The van der Waals surface area contributed by atoms with Gasteiger partial charge in [0.1, 0.15) is 11.5 Å². The lowest BCUT2D eigenvalue weighted by Crippen LogP contribution is -2.09. The first-order chi connectivity index (χ1) is 17.6. The predicted octanol–water partition coefficient (Wildman–Crippen LogP) is 6.80. The van der Waals surface area contributed by atoms with Crippen LogP contribution in [0, 0.1) is 0 Å². The molecule has 2 N–H and O–H groups in total. The molecule has 2 heterocycles. The Morgan fingerprint density at radius 3 is 1.50 bits per heavy atom. The van der Waals surface area contributed by atoms with E-state index in [1.807, 2.05) is 59.3 Å². The molecule has 8 heteroatoms. The van der Waals surface area contributed by atoms with Gasteiger partial charge in [-0.25, -0.2) is 0 Å². The Morgan fingerprint density at radius 2 is 1.14 bits per heavy atom. The van der Waals surface area contributed by atoms with Crippen LogP contribution in [0.15, 0.2) is 83.6 Å². The molecule has 0 aliphatic carbocycles. The van der Waals surface area contributed by atoms with Crippen molar-refractivity contribution in [2.75, 3.05) is 24.9 Å². The highest BCUT2D eigenvalue weighted by atomic mass is 32.1. The summed E-state index contributed by atoms with van der Waals surface area (Å²) in [6.07, 6.45) is 6.52. The molecule has 182 valence electrons. The average Bonchev–Trinajstić information content (AvgIpc) is 3.61. The highest BCUT2D eigenvalue weighted by Gasteiger charge is 2.12. The number of carbonyl (C=O) groups excluding carboxylic acids is 2. The van der Waals surface area contributed by atoms with Gasteiger partial charge in [-0.2, -0.15) is 0 Å². The van der Waals surface area contributed by atoms with Crippen molar-refractivity contribution in [1.29, 1.82) is 0 Å². The van der Waals surface area contributed by atoms with Crippen LogP contribution < -0.4 is 20.1 Å². The van der Waals surface area contributed by atoms with Gasteiger partial charge in [-0.15, -0.1) is 22.7 Å². The van der Waals surface area contributed by atoms with Crippen LogP contribution in [0.3, 0.4) is 0 Å². The lowest BCUT2D eigenvalue weighted by atomic mass is 10.0. The maximum atomic E-state index is 12.3. The number of thiophene rings is 2. The fraction of sp³-hybridized carbons (Fsp3) is 0.0714. The number of benzene rings is 2. The van der Waals surface area contributed by atoms with E-state index in [0.717, 1.165) is 20.9 Å². The number of hydrogen-bond donors (Lipinski definition) is 2. The summed E-state index contributed by atoms with van der Waals surface area (Å²) in [5, 5.41) is 9.62. The minimum atomic E-state index is -0.246. The summed E-state index contributed by atoms with van der Waals surface area (Å²) in [6, 6.07) is 18.8. The van der Waals surface area contributed by atoms with Crippen LogP contribution in [0.25, 0.3) is 23.3 Å². The number of nitrogens with one attached hydrogen (secondary N) is 2. The predicted molar refractivity (Wildman–Crippen MR) is 149 cm³/mol. The second kappa shape index (κ2) is 12.0. The van der Waals surface area contributed by atoms with Crippen LogP contribution in [0.5, 0.6) is 11.5 Å². The molecule has 2 amide bonds. The largest absolute Gasteiger partial charge is 0.495 e. The minimum absolute atomic E-state index is 0.246. The maximum absolute atomic E-state index is 12.3. The third kappa shape index (κ3) is 6.50. The molecule has 0 aliphatic heterocycles. The molecule has 0 saturated heterocycles. The number of amides is 2. The highest BCUT2D eigenvalue weighted by molar-refractivity contribution is 7.11. The molecule has 0 spiro atoms. The quantitative estimate of drug-likeness (QED) is 0.240. The van der Waals surface area contributed by atoms with Crippen LogP contribution in [0.2, 0.25) is 0 Å². The van der Waals surface area contributed by atoms with Crippen LogP contribution in [-0.2, 0) is 9.59 Å². The number of rotatable bonds is 9. The number of hydrogen-bond acceptors (Lipinski definition) is 6. The van der Waals surface area contributed by atoms with Crippen molar-refractivity contribution in [2.45, 2.75) is 0 Å². The molecule has 6 nitrogen and oxygen atoms in total. The molecule has 0 fully saturated rings. The van der Waals surface area contributed by atoms with Gasteiger partial charge in [-0.1, -0.05) is 24.3 Å².